The molecule has 4 heteroatoms. The highest BCUT2D eigenvalue weighted by Gasteiger charge is 2.12. The summed E-state index contributed by atoms with van der Waals surface area (Å²) >= 11 is 5.84. The third kappa shape index (κ3) is 2.18. The number of aromatic nitrogens is 2. The Morgan fingerprint density at radius 2 is 2.20 bits per heavy atom. The number of rotatable bonds is 2. The van der Waals surface area contributed by atoms with E-state index in [1.807, 2.05) is 31.2 Å². The Morgan fingerprint density at radius 1 is 1.40 bits per heavy atom. The van der Waals surface area contributed by atoms with Gasteiger partial charge in [0.15, 0.2) is 0 Å². The molecule has 0 spiro atoms. The van der Waals surface area contributed by atoms with E-state index in [2.05, 4.69) is 10.1 Å². The molecule has 0 aliphatic rings. The molecule has 1 unspecified atom stereocenters. The Kier molecular flexibility index (Phi) is 2.73. The van der Waals surface area contributed by atoms with Crippen LogP contribution in [-0.2, 0) is 0 Å². The van der Waals surface area contributed by atoms with E-state index in [9.17, 15) is 0 Å². The van der Waals surface area contributed by atoms with Gasteiger partial charge < -0.3 is 4.52 Å². The van der Waals surface area contributed by atoms with Crippen LogP contribution in [0.25, 0.3) is 11.4 Å². The molecule has 3 nitrogen and oxygen atoms in total. The first-order chi connectivity index (χ1) is 7.16. The fraction of sp³-hybridized carbons (Fsp3) is 0.273. The van der Waals surface area contributed by atoms with Gasteiger partial charge in [0.05, 0.1) is 0 Å². The highest BCUT2D eigenvalue weighted by molar-refractivity contribution is 6.20. The van der Waals surface area contributed by atoms with Crippen LogP contribution in [0.4, 0.5) is 0 Å². The maximum absolute atomic E-state index is 5.84. The second kappa shape index (κ2) is 4.03. The van der Waals surface area contributed by atoms with Crippen molar-refractivity contribution in [3.63, 3.8) is 0 Å². The van der Waals surface area contributed by atoms with Gasteiger partial charge in [0.1, 0.15) is 5.38 Å². The monoisotopic (exact) mass is 222 g/mol. The molecule has 0 fully saturated rings. The van der Waals surface area contributed by atoms with Crippen LogP contribution in [0.15, 0.2) is 28.8 Å². The first kappa shape index (κ1) is 10.2. The van der Waals surface area contributed by atoms with Crippen molar-refractivity contribution in [2.45, 2.75) is 19.2 Å². The topological polar surface area (TPSA) is 38.9 Å². The molecule has 78 valence electrons. The van der Waals surface area contributed by atoms with Crippen molar-refractivity contribution in [2.24, 2.45) is 0 Å². The van der Waals surface area contributed by atoms with Crippen LogP contribution in [0.1, 0.15) is 23.8 Å². The smallest absolute Gasteiger partial charge is 0.244 e. The maximum atomic E-state index is 5.84. The molecule has 1 heterocycles. The first-order valence-corrected chi connectivity index (χ1v) is 5.15. The van der Waals surface area contributed by atoms with Gasteiger partial charge in [0.25, 0.3) is 0 Å². The zero-order valence-electron chi connectivity index (χ0n) is 8.57. The van der Waals surface area contributed by atoms with Crippen LogP contribution in [0.5, 0.6) is 0 Å². The molecule has 2 aromatic rings. The zero-order chi connectivity index (χ0) is 10.8. The number of benzene rings is 1. The molecule has 1 atom stereocenters. The van der Waals surface area contributed by atoms with Crippen molar-refractivity contribution >= 4 is 11.6 Å². The van der Waals surface area contributed by atoms with Crippen molar-refractivity contribution in [2.75, 3.05) is 0 Å². The fourth-order valence-corrected chi connectivity index (χ4v) is 1.39. The molecule has 1 aromatic carbocycles. The lowest BCUT2D eigenvalue weighted by atomic mass is 10.1. The van der Waals surface area contributed by atoms with Gasteiger partial charge >= 0.3 is 0 Å². The Hall–Kier alpha value is -1.35. The van der Waals surface area contributed by atoms with Crippen LogP contribution in [0, 0.1) is 6.92 Å². The lowest BCUT2D eigenvalue weighted by molar-refractivity contribution is 0.379. The molecule has 0 radical (unpaired) electrons. The van der Waals surface area contributed by atoms with Crippen LogP contribution in [0.2, 0.25) is 0 Å². The summed E-state index contributed by atoms with van der Waals surface area (Å²) in [6.07, 6.45) is 0. The molecule has 0 N–H and O–H groups in total. The molecule has 0 amide bonds. The largest absolute Gasteiger partial charge is 0.337 e. The van der Waals surface area contributed by atoms with E-state index < -0.39 is 0 Å². The molecule has 0 aliphatic carbocycles. The quantitative estimate of drug-likeness (QED) is 0.732. The second-order valence-corrected chi connectivity index (χ2v) is 4.10. The Morgan fingerprint density at radius 3 is 2.80 bits per heavy atom. The van der Waals surface area contributed by atoms with Gasteiger partial charge in [-0.05, 0) is 19.9 Å². The highest BCUT2D eigenvalue weighted by atomic mass is 35.5. The minimum Gasteiger partial charge on any atom is -0.337 e. The van der Waals surface area contributed by atoms with E-state index in [4.69, 9.17) is 16.1 Å². The fourth-order valence-electron chi connectivity index (χ4n) is 1.30. The summed E-state index contributed by atoms with van der Waals surface area (Å²) in [4.78, 5) is 4.21. The van der Waals surface area contributed by atoms with Gasteiger partial charge in [-0.25, -0.2) is 0 Å². The van der Waals surface area contributed by atoms with Gasteiger partial charge in [0, 0.05) is 5.56 Å². The third-order valence-corrected chi connectivity index (χ3v) is 2.24. The summed E-state index contributed by atoms with van der Waals surface area (Å²) in [5.41, 5.74) is 2.11. The highest BCUT2D eigenvalue weighted by Crippen LogP contribution is 2.22. The molecule has 0 aliphatic heterocycles. The van der Waals surface area contributed by atoms with Gasteiger partial charge in [-0.2, -0.15) is 4.98 Å². The van der Waals surface area contributed by atoms with Crippen molar-refractivity contribution in [1.29, 1.82) is 0 Å². The van der Waals surface area contributed by atoms with Crippen molar-refractivity contribution in [1.82, 2.24) is 10.1 Å². The molecule has 15 heavy (non-hydrogen) atoms. The van der Waals surface area contributed by atoms with Gasteiger partial charge in [-0.15, -0.1) is 11.6 Å². The Balaban J connectivity index is 2.37. The van der Waals surface area contributed by atoms with E-state index >= 15 is 0 Å². The summed E-state index contributed by atoms with van der Waals surface area (Å²) in [6.45, 7) is 3.82. The average molecular weight is 223 g/mol. The molecule has 2 rings (SSSR count). The van der Waals surface area contributed by atoms with Crippen molar-refractivity contribution < 1.29 is 4.52 Å². The second-order valence-electron chi connectivity index (χ2n) is 3.44. The molecular weight excluding hydrogens is 212 g/mol. The lowest BCUT2D eigenvalue weighted by Crippen LogP contribution is -1.85. The van der Waals surface area contributed by atoms with Gasteiger partial charge in [-0.1, -0.05) is 28.9 Å². The minimum atomic E-state index is -0.254. The predicted molar refractivity (Wildman–Crippen MR) is 58.7 cm³/mol. The predicted octanol–water partition coefficient (Wildman–Crippen LogP) is 3.34. The van der Waals surface area contributed by atoms with Crippen molar-refractivity contribution in [3.05, 3.63) is 35.7 Å². The zero-order valence-corrected chi connectivity index (χ0v) is 9.32. The Labute approximate surface area is 93.1 Å². The molecule has 0 bridgehead atoms. The number of aryl methyl sites for hydroxylation is 1. The summed E-state index contributed by atoms with van der Waals surface area (Å²) in [5.74, 6) is 1.04. The minimum absolute atomic E-state index is 0.254. The molecule has 0 saturated heterocycles. The summed E-state index contributed by atoms with van der Waals surface area (Å²) in [6, 6.07) is 7.94. The SMILES string of the molecule is Cc1cccc(-c2noc(C(C)Cl)n2)c1. The third-order valence-electron chi connectivity index (χ3n) is 2.06. The van der Waals surface area contributed by atoms with Crippen LogP contribution in [0.3, 0.4) is 0 Å². The lowest BCUT2D eigenvalue weighted by Gasteiger charge is -1.95. The first-order valence-electron chi connectivity index (χ1n) is 4.71. The van der Waals surface area contributed by atoms with E-state index in [0.717, 1.165) is 11.1 Å². The van der Waals surface area contributed by atoms with E-state index in [1.165, 1.54) is 0 Å². The van der Waals surface area contributed by atoms with Gasteiger partial charge in [-0.3, -0.25) is 0 Å². The molecule has 0 saturated carbocycles. The summed E-state index contributed by atoms with van der Waals surface area (Å²) < 4.78 is 5.03. The number of halogens is 1. The van der Waals surface area contributed by atoms with Crippen LogP contribution < -0.4 is 0 Å². The average Bonchev–Trinajstić information content (AvgIpc) is 2.66. The van der Waals surface area contributed by atoms with E-state index in [1.54, 1.807) is 6.92 Å². The van der Waals surface area contributed by atoms with E-state index in [-0.39, 0.29) is 5.38 Å². The number of nitrogens with zero attached hydrogens (tertiary/aromatic N) is 2. The summed E-state index contributed by atoms with van der Waals surface area (Å²) in [5, 5.41) is 3.62. The molecule has 1 aromatic heterocycles. The van der Waals surface area contributed by atoms with Crippen molar-refractivity contribution in [3.8, 4) is 11.4 Å². The normalized spacial score (nSPS) is 12.7. The van der Waals surface area contributed by atoms with Crippen LogP contribution in [-0.4, -0.2) is 10.1 Å². The van der Waals surface area contributed by atoms with Crippen LogP contribution >= 0.6 is 11.6 Å². The maximum Gasteiger partial charge on any atom is 0.244 e. The number of hydrogen-bond donors (Lipinski definition) is 0. The van der Waals surface area contributed by atoms with Gasteiger partial charge in [0.2, 0.25) is 11.7 Å². The number of hydrogen-bond acceptors (Lipinski definition) is 3. The Bertz CT molecular complexity index is 465. The number of alkyl halides is 1. The standard InChI is InChI=1S/C11H11ClN2O/c1-7-4-3-5-9(6-7)10-13-11(8(2)12)15-14-10/h3-6,8H,1-2H3. The van der Waals surface area contributed by atoms with E-state index in [0.29, 0.717) is 11.7 Å². The molecular formula is C11H11ClN2O. The summed E-state index contributed by atoms with van der Waals surface area (Å²) in [7, 11) is 0.